The molecule has 0 aromatic heterocycles. The molecule has 3 rings (SSSR count). The molecular weight excluding hydrogens is 397 g/mol. The summed E-state index contributed by atoms with van der Waals surface area (Å²) < 4.78 is 23.9. The second-order valence-corrected chi connectivity index (χ2v) is 6.93. The van der Waals surface area contributed by atoms with Crippen LogP contribution in [0.3, 0.4) is 0 Å². The Bertz CT molecular complexity index is 1070. The normalized spacial score (nSPS) is 10.6. The van der Waals surface area contributed by atoms with Crippen molar-refractivity contribution in [1.82, 2.24) is 4.90 Å². The van der Waals surface area contributed by atoms with E-state index >= 15 is 0 Å². The molecule has 0 aliphatic heterocycles. The number of carbonyl (C=O) groups excluding carboxylic acids is 2. The summed E-state index contributed by atoms with van der Waals surface area (Å²) in [5.74, 6) is -1.33. The molecule has 0 fully saturated rings. The van der Waals surface area contributed by atoms with E-state index in [4.69, 9.17) is 21.1 Å². The van der Waals surface area contributed by atoms with Gasteiger partial charge in [-0.2, -0.15) is 0 Å². The first-order chi connectivity index (χ1) is 13.9. The summed E-state index contributed by atoms with van der Waals surface area (Å²) in [6, 6.07) is 15.2. The zero-order valence-corrected chi connectivity index (χ0v) is 16.7. The molecular formula is C22H19ClFNO4. The number of ether oxygens (including phenoxy) is 2. The van der Waals surface area contributed by atoms with E-state index in [9.17, 15) is 14.0 Å². The number of amides is 1. The molecule has 150 valence electrons. The van der Waals surface area contributed by atoms with E-state index in [1.165, 1.54) is 11.0 Å². The largest absolute Gasteiger partial charge is 0.497 e. The van der Waals surface area contributed by atoms with Gasteiger partial charge in [0.1, 0.15) is 11.6 Å². The third kappa shape index (κ3) is 5.03. The standard InChI is InChI=1S/C22H19ClFNO4/c1-25(12-14-3-4-16-10-18(28-2)7-5-15(16)9-14)21(26)13-29-22(27)19-11-17(23)6-8-20(19)24/h3-11H,12-13H2,1-2H3. The summed E-state index contributed by atoms with van der Waals surface area (Å²) >= 11 is 5.77. The Kier molecular flexibility index (Phi) is 6.34. The Balaban J connectivity index is 1.61. The molecule has 0 bridgehead atoms. The zero-order chi connectivity index (χ0) is 21.0. The fraction of sp³-hybridized carbons (Fsp3) is 0.182. The van der Waals surface area contributed by atoms with Crippen molar-refractivity contribution < 1.29 is 23.5 Å². The molecule has 0 unspecified atom stereocenters. The van der Waals surface area contributed by atoms with Gasteiger partial charge in [-0.3, -0.25) is 4.79 Å². The fourth-order valence-corrected chi connectivity index (χ4v) is 3.00. The molecule has 0 spiro atoms. The molecule has 29 heavy (non-hydrogen) atoms. The van der Waals surface area contributed by atoms with Crippen LogP contribution in [0.15, 0.2) is 54.6 Å². The van der Waals surface area contributed by atoms with Crippen molar-refractivity contribution in [3.8, 4) is 5.75 Å². The second-order valence-electron chi connectivity index (χ2n) is 6.50. The van der Waals surface area contributed by atoms with Gasteiger partial charge < -0.3 is 14.4 Å². The number of esters is 1. The Morgan fingerprint density at radius 1 is 1.03 bits per heavy atom. The highest BCUT2D eigenvalue weighted by Crippen LogP contribution is 2.22. The van der Waals surface area contributed by atoms with Crippen LogP contribution in [0.4, 0.5) is 4.39 Å². The van der Waals surface area contributed by atoms with Crippen LogP contribution >= 0.6 is 11.6 Å². The molecule has 5 nitrogen and oxygen atoms in total. The van der Waals surface area contributed by atoms with Crippen LogP contribution in [0.2, 0.25) is 5.02 Å². The number of halogens is 2. The number of fused-ring (bicyclic) bond motifs is 1. The number of methoxy groups -OCH3 is 1. The number of carbonyl (C=O) groups is 2. The minimum atomic E-state index is -0.939. The lowest BCUT2D eigenvalue weighted by atomic mass is 10.1. The van der Waals surface area contributed by atoms with Crippen molar-refractivity contribution in [3.05, 3.63) is 76.6 Å². The third-order valence-electron chi connectivity index (χ3n) is 4.43. The molecule has 7 heteroatoms. The van der Waals surface area contributed by atoms with Crippen molar-refractivity contribution >= 4 is 34.2 Å². The molecule has 0 radical (unpaired) electrons. The van der Waals surface area contributed by atoms with E-state index in [0.29, 0.717) is 6.54 Å². The van der Waals surface area contributed by atoms with Crippen molar-refractivity contribution in [3.63, 3.8) is 0 Å². The van der Waals surface area contributed by atoms with Crippen LogP contribution < -0.4 is 4.74 Å². The Morgan fingerprint density at radius 2 is 1.76 bits per heavy atom. The van der Waals surface area contributed by atoms with Gasteiger partial charge >= 0.3 is 5.97 Å². The molecule has 0 aliphatic rings. The quantitative estimate of drug-likeness (QED) is 0.558. The fourth-order valence-electron chi connectivity index (χ4n) is 2.83. The predicted molar refractivity (Wildman–Crippen MR) is 109 cm³/mol. The van der Waals surface area contributed by atoms with Crippen LogP contribution in [0, 0.1) is 5.82 Å². The van der Waals surface area contributed by atoms with Gasteiger partial charge in [0, 0.05) is 18.6 Å². The van der Waals surface area contributed by atoms with Crippen LogP contribution in [-0.4, -0.2) is 37.5 Å². The van der Waals surface area contributed by atoms with Gasteiger partial charge in [0.25, 0.3) is 5.91 Å². The molecule has 0 saturated carbocycles. The summed E-state index contributed by atoms with van der Waals surface area (Å²) in [6.07, 6.45) is 0. The van der Waals surface area contributed by atoms with Crippen molar-refractivity contribution in [2.75, 3.05) is 20.8 Å². The summed E-state index contributed by atoms with van der Waals surface area (Å²) in [7, 11) is 3.22. The first-order valence-electron chi connectivity index (χ1n) is 8.80. The maximum atomic E-state index is 13.7. The number of hydrogen-bond donors (Lipinski definition) is 0. The van der Waals surface area contributed by atoms with Crippen LogP contribution in [0.25, 0.3) is 10.8 Å². The Labute approximate surface area is 172 Å². The Hall–Kier alpha value is -3.12. The number of hydrogen-bond acceptors (Lipinski definition) is 4. The van der Waals surface area contributed by atoms with E-state index < -0.39 is 24.3 Å². The molecule has 0 N–H and O–H groups in total. The van der Waals surface area contributed by atoms with Crippen molar-refractivity contribution in [2.45, 2.75) is 6.54 Å². The second kappa shape index (κ2) is 8.92. The van der Waals surface area contributed by atoms with E-state index in [0.717, 1.165) is 34.2 Å². The zero-order valence-electron chi connectivity index (χ0n) is 15.9. The van der Waals surface area contributed by atoms with E-state index in [1.54, 1.807) is 14.2 Å². The van der Waals surface area contributed by atoms with E-state index in [1.807, 2.05) is 36.4 Å². The van der Waals surface area contributed by atoms with Gasteiger partial charge in [-0.1, -0.05) is 29.8 Å². The first kappa shape index (κ1) is 20.6. The maximum absolute atomic E-state index is 13.7. The molecule has 0 heterocycles. The molecule has 3 aromatic rings. The van der Waals surface area contributed by atoms with Gasteiger partial charge in [0.2, 0.25) is 0 Å². The lowest BCUT2D eigenvalue weighted by molar-refractivity contribution is -0.133. The summed E-state index contributed by atoms with van der Waals surface area (Å²) in [5, 5.41) is 2.25. The lowest BCUT2D eigenvalue weighted by Crippen LogP contribution is -2.31. The summed E-state index contributed by atoms with van der Waals surface area (Å²) in [4.78, 5) is 25.7. The average molecular weight is 416 g/mol. The van der Waals surface area contributed by atoms with Gasteiger partial charge in [0.15, 0.2) is 6.61 Å². The molecule has 0 saturated heterocycles. The SMILES string of the molecule is COc1ccc2cc(CN(C)C(=O)COC(=O)c3cc(Cl)ccc3F)ccc2c1. The van der Waals surface area contributed by atoms with Gasteiger partial charge in [-0.25, -0.2) is 9.18 Å². The van der Waals surface area contributed by atoms with E-state index in [2.05, 4.69) is 0 Å². The van der Waals surface area contributed by atoms with E-state index in [-0.39, 0.29) is 10.6 Å². The minimum absolute atomic E-state index is 0.204. The smallest absolute Gasteiger partial charge is 0.341 e. The van der Waals surface area contributed by atoms with Crippen LogP contribution in [0.5, 0.6) is 5.75 Å². The first-order valence-corrected chi connectivity index (χ1v) is 9.18. The van der Waals surface area contributed by atoms with Crippen LogP contribution in [-0.2, 0) is 16.1 Å². The number of benzene rings is 3. The predicted octanol–water partition coefficient (Wildman–Crippen LogP) is 4.46. The summed E-state index contributed by atoms with van der Waals surface area (Å²) in [5.41, 5.74) is 0.614. The van der Waals surface area contributed by atoms with Crippen molar-refractivity contribution in [2.24, 2.45) is 0 Å². The minimum Gasteiger partial charge on any atom is -0.497 e. The number of likely N-dealkylation sites (N-methyl/N-ethyl adjacent to an activating group) is 1. The lowest BCUT2D eigenvalue weighted by Gasteiger charge is -2.17. The monoisotopic (exact) mass is 415 g/mol. The molecule has 0 aliphatic carbocycles. The molecule has 3 aromatic carbocycles. The maximum Gasteiger partial charge on any atom is 0.341 e. The third-order valence-corrected chi connectivity index (χ3v) is 4.67. The van der Waals surface area contributed by atoms with Crippen molar-refractivity contribution in [1.29, 1.82) is 0 Å². The van der Waals surface area contributed by atoms with Crippen LogP contribution in [0.1, 0.15) is 15.9 Å². The number of nitrogens with zero attached hydrogens (tertiary/aromatic N) is 1. The molecule has 1 amide bonds. The van der Waals surface area contributed by atoms with Gasteiger partial charge in [-0.15, -0.1) is 0 Å². The molecule has 0 atom stereocenters. The highest BCUT2D eigenvalue weighted by molar-refractivity contribution is 6.30. The average Bonchev–Trinajstić information content (AvgIpc) is 2.72. The van der Waals surface area contributed by atoms with Gasteiger partial charge in [0.05, 0.1) is 12.7 Å². The highest BCUT2D eigenvalue weighted by Gasteiger charge is 2.17. The summed E-state index contributed by atoms with van der Waals surface area (Å²) in [6.45, 7) is -0.157. The topological polar surface area (TPSA) is 55.8 Å². The highest BCUT2D eigenvalue weighted by atomic mass is 35.5. The van der Waals surface area contributed by atoms with Gasteiger partial charge in [-0.05, 0) is 52.7 Å². The number of rotatable bonds is 6. The Morgan fingerprint density at radius 3 is 2.52 bits per heavy atom.